The van der Waals surface area contributed by atoms with Crippen LogP contribution in [0.5, 0.6) is 0 Å². The highest BCUT2D eigenvalue weighted by Gasteiger charge is 2.19. The Kier molecular flexibility index (Phi) is 5.32. The molecule has 7 heteroatoms. The van der Waals surface area contributed by atoms with Crippen molar-refractivity contribution in [1.29, 1.82) is 0 Å². The lowest BCUT2D eigenvalue weighted by Crippen LogP contribution is -2.44. The molecule has 0 unspecified atom stereocenters. The van der Waals surface area contributed by atoms with Crippen molar-refractivity contribution in [1.82, 2.24) is 15.3 Å². The van der Waals surface area contributed by atoms with Crippen LogP contribution in [0.25, 0.3) is 22.1 Å². The van der Waals surface area contributed by atoms with Crippen LogP contribution in [0.4, 0.5) is 0 Å². The Morgan fingerprint density at radius 3 is 2.41 bits per heavy atom. The van der Waals surface area contributed by atoms with Crippen LogP contribution in [0.15, 0.2) is 36.4 Å². The van der Waals surface area contributed by atoms with E-state index in [0.29, 0.717) is 22.1 Å². The number of carboxylic acid groups (broad SMARTS) is 1. The van der Waals surface area contributed by atoms with Crippen molar-refractivity contribution >= 4 is 33.9 Å². The number of carbonyl (C=O) groups excluding carboxylic acids is 1. The van der Waals surface area contributed by atoms with Gasteiger partial charge in [-0.3, -0.25) is 4.79 Å². The molecule has 1 aromatic heterocycles. The van der Waals surface area contributed by atoms with Gasteiger partial charge in [-0.05, 0) is 29.7 Å². The first kappa shape index (κ1) is 18.7. The first-order chi connectivity index (χ1) is 12.9. The van der Waals surface area contributed by atoms with Gasteiger partial charge in [0, 0.05) is 6.54 Å². The van der Waals surface area contributed by atoms with Crippen LogP contribution in [-0.2, 0) is 11.3 Å². The minimum atomic E-state index is -1.04. The topological polar surface area (TPSA) is 118 Å². The van der Waals surface area contributed by atoms with E-state index in [0.717, 1.165) is 12.0 Å². The van der Waals surface area contributed by atoms with Gasteiger partial charge in [-0.15, -0.1) is 0 Å². The number of benzene rings is 2. The normalized spacial score (nSPS) is 13.4. The fourth-order valence-corrected chi connectivity index (χ4v) is 2.90. The summed E-state index contributed by atoms with van der Waals surface area (Å²) in [6.45, 7) is 4.22. The van der Waals surface area contributed by atoms with E-state index in [9.17, 15) is 14.7 Å². The molecule has 4 N–H and O–H groups in total. The molecular weight excluding hydrogens is 344 g/mol. The van der Waals surface area contributed by atoms with Crippen LogP contribution in [0, 0.1) is 5.92 Å². The summed E-state index contributed by atoms with van der Waals surface area (Å²) in [5.74, 6) is -1.16. The maximum absolute atomic E-state index is 12.2. The van der Waals surface area contributed by atoms with Crippen LogP contribution in [0.1, 0.15) is 36.2 Å². The summed E-state index contributed by atoms with van der Waals surface area (Å²) >= 11 is 0. The molecule has 0 spiro atoms. The van der Waals surface area contributed by atoms with E-state index in [1.165, 1.54) is 6.07 Å². The number of carboxylic acids is 1. The number of fused-ring (bicyclic) bond motifs is 2. The van der Waals surface area contributed by atoms with Crippen molar-refractivity contribution in [3.63, 3.8) is 0 Å². The first-order valence-electron chi connectivity index (χ1n) is 8.87. The number of para-hydroxylation sites is 2. The molecule has 27 heavy (non-hydrogen) atoms. The molecule has 1 amide bonds. The number of carbonyl (C=O) groups is 2. The summed E-state index contributed by atoms with van der Waals surface area (Å²) in [5.41, 5.74) is 8.93. The van der Waals surface area contributed by atoms with E-state index >= 15 is 0 Å². The molecule has 1 heterocycles. The summed E-state index contributed by atoms with van der Waals surface area (Å²) in [4.78, 5) is 32.7. The number of nitrogens with two attached hydrogens (primary N) is 1. The molecule has 7 nitrogen and oxygen atoms in total. The number of nitrogens with one attached hydrogen (secondary N) is 1. The summed E-state index contributed by atoms with van der Waals surface area (Å²) in [7, 11) is 0. The highest BCUT2D eigenvalue weighted by molar-refractivity contribution is 6.02. The zero-order valence-corrected chi connectivity index (χ0v) is 15.3. The zero-order valence-electron chi connectivity index (χ0n) is 15.3. The highest BCUT2D eigenvalue weighted by atomic mass is 16.4. The van der Waals surface area contributed by atoms with Gasteiger partial charge in [-0.25, -0.2) is 14.8 Å². The third-order valence-electron chi connectivity index (χ3n) is 4.82. The fraction of sp³-hybridized carbons (Fsp3) is 0.300. The van der Waals surface area contributed by atoms with Gasteiger partial charge in [0.1, 0.15) is 5.52 Å². The first-order valence-corrected chi connectivity index (χ1v) is 8.87. The Balaban J connectivity index is 1.95. The maximum Gasteiger partial charge on any atom is 0.337 e. The highest BCUT2D eigenvalue weighted by Crippen LogP contribution is 2.22. The van der Waals surface area contributed by atoms with E-state index in [1.54, 1.807) is 18.2 Å². The molecule has 2 aromatic carbocycles. The SMILES string of the molecule is CC[C@H](C)[C@H](N)C(=O)NCc1cccc2nc3c(C(=O)O)cccc3nc12. The molecule has 0 radical (unpaired) electrons. The molecule has 0 aliphatic rings. The van der Waals surface area contributed by atoms with E-state index < -0.39 is 12.0 Å². The number of hydrogen-bond acceptors (Lipinski definition) is 5. The van der Waals surface area contributed by atoms with Gasteiger partial charge in [0.15, 0.2) is 0 Å². The van der Waals surface area contributed by atoms with E-state index in [1.807, 2.05) is 26.0 Å². The second-order valence-electron chi connectivity index (χ2n) is 6.62. The molecule has 0 aliphatic carbocycles. The molecule has 3 rings (SSSR count). The quantitative estimate of drug-likeness (QED) is 0.577. The Labute approximate surface area is 156 Å². The lowest BCUT2D eigenvalue weighted by Gasteiger charge is -2.18. The third-order valence-corrected chi connectivity index (χ3v) is 4.82. The molecule has 0 saturated heterocycles. The van der Waals surface area contributed by atoms with Gasteiger partial charge in [-0.1, -0.05) is 38.5 Å². The Bertz CT molecular complexity index is 1020. The molecule has 0 bridgehead atoms. The van der Waals surface area contributed by atoms with Crippen LogP contribution in [0.2, 0.25) is 0 Å². The largest absolute Gasteiger partial charge is 0.478 e. The number of nitrogens with zero attached hydrogens (tertiary/aromatic N) is 2. The monoisotopic (exact) mass is 366 g/mol. The standard InChI is InChI=1S/C20H22N4O3/c1-3-11(2)16(21)19(25)22-10-12-6-4-8-14-17(12)23-15-9-5-7-13(20(26)27)18(15)24-14/h4-9,11,16H,3,10,21H2,1-2H3,(H,22,25)(H,26,27)/t11-,16-/m0/s1. The van der Waals surface area contributed by atoms with Crippen LogP contribution in [-0.4, -0.2) is 33.0 Å². The van der Waals surface area contributed by atoms with Crippen molar-refractivity contribution in [2.75, 3.05) is 0 Å². The zero-order chi connectivity index (χ0) is 19.6. The lowest BCUT2D eigenvalue weighted by atomic mass is 9.99. The molecular formula is C20H22N4O3. The van der Waals surface area contributed by atoms with Crippen molar-refractivity contribution in [2.45, 2.75) is 32.9 Å². The van der Waals surface area contributed by atoms with Crippen molar-refractivity contribution in [2.24, 2.45) is 11.7 Å². The molecule has 2 atom stereocenters. The summed E-state index contributed by atoms with van der Waals surface area (Å²) < 4.78 is 0. The van der Waals surface area contributed by atoms with Crippen LogP contribution in [0.3, 0.4) is 0 Å². The van der Waals surface area contributed by atoms with Crippen molar-refractivity contribution in [3.05, 3.63) is 47.5 Å². The van der Waals surface area contributed by atoms with Crippen molar-refractivity contribution in [3.8, 4) is 0 Å². The molecule has 0 fully saturated rings. The van der Waals surface area contributed by atoms with Crippen LogP contribution >= 0.6 is 0 Å². The molecule has 0 saturated carbocycles. The number of hydrogen-bond donors (Lipinski definition) is 3. The molecule has 3 aromatic rings. The number of rotatable bonds is 6. The minimum Gasteiger partial charge on any atom is -0.478 e. The second-order valence-corrected chi connectivity index (χ2v) is 6.62. The number of aromatic nitrogens is 2. The van der Waals surface area contributed by atoms with E-state index in [4.69, 9.17) is 5.73 Å². The number of amides is 1. The Morgan fingerprint density at radius 2 is 1.74 bits per heavy atom. The van der Waals surface area contributed by atoms with Gasteiger partial charge in [0.25, 0.3) is 0 Å². The summed E-state index contributed by atoms with van der Waals surface area (Å²) in [6, 6.07) is 9.75. The molecule has 0 aliphatic heterocycles. The molecule has 140 valence electrons. The van der Waals surface area contributed by atoms with Crippen LogP contribution < -0.4 is 11.1 Å². The fourth-order valence-electron chi connectivity index (χ4n) is 2.90. The van der Waals surface area contributed by atoms with E-state index in [2.05, 4.69) is 15.3 Å². The van der Waals surface area contributed by atoms with E-state index in [-0.39, 0.29) is 23.9 Å². The number of aromatic carboxylic acids is 1. The predicted octanol–water partition coefficient (Wildman–Crippen LogP) is 2.47. The summed E-state index contributed by atoms with van der Waals surface area (Å²) in [5, 5.41) is 12.2. The van der Waals surface area contributed by atoms with Gasteiger partial charge in [0.2, 0.25) is 5.91 Å². The third kappa shape index (κ3) is 3.73. The average Bonchev–Trinajstić information content (AvgIpc) is 2.68. The minimum absolute atomic E-state index is 0.0932. The van der Waals surface area contributed by atoms with Gasteiger partial charge < -0.3 is 16.2 Å². The smallest absolute Gasteiger partial charge is 0.337 e. The van der Waals surface area contributed by atoms with Crippen molar-refractivity contribution < 1.29 is 14.7 Å². The van der Waals surface area contributed by atoms with Gasteiger partial charge in [-0.2, -0.15) is 0 Å². The maximum atomic E-state index is 12.2. The second kappa shape index (κ2) is 7.67. The lowest BCUT2D eigenvalue weighted by molar-refractivity contribution is -0.123. The van der Waals surface area contributed by atoms with Gasteiger partial charge in [0.05, 0.1) is 28.2 Å². The Morgan fingerprint density at radius 1 is 1.11 bits per heavy atom. The van der Waals surface area contributed by atoms with Gasteiger partial charge >= 0.3 is 5.97 Å². The summed E-state index contributed by atoms with van der Waals surface area (Å²) in [6.07, 6.45) is 0.826. The predicted molar refractivity (Wildman–Crippen MR) is 103 cm³/mol. The Hall–Kier alpha value is -3.06. The average molecular weight is 366 g/mol.